The van der Waals surface area contributed by atoms with Gasteiger partial charge in [-0.1, -0.05) is 41.9 Å². The van der Waals surface area contributed by atoms with E-state index in [0.717, 1.165) is 24.3 Å². The summed E-state index contributed by atoms with van der Waals surface area (Å²) in [7, 11) is 0. The van der Waals surface area contributed by atoms with Gasteiger partial charge in [-0.25, -0.2) is 4.79 Å². The molecule has 4 N–H and O–H groups in total. The number of amides is 2. The number of pyridine rings is 1. The maximum Gasteiger partial charge on any atom is 0.573 e. The maximum absolute atomic E-state index is 12.8. The van der Waals surface area contributed by atoms with Crippen LogP contribution in [0.1, 0.15) is 23.6 Å². The molecular weight excluding hydrogens is 507 g/mol. The average Bonchev–Trinajstić information content (AvgIpc) is 2.78. The van der Waals surface area contributed by atoms with Gasteiger partial charge in [0.1, 0.15) is 11.5 Å². The molecule has 0 aliphatic rings. The molecule has 190 valence electrons. The number of benzene rings is 2. The Morgan fingerprint density at radius 2 is 1.75 bits per heavy atom. The first kappa shape index (κ1) is 26.4. The molecule has 2 aromatic carbocycles. The highest BCUT2D eigenvalue weighted by atomic mass is 35.5. The van der Waals surface area contributed by atoms with E-state index in [9.17, 15) is 37.8 Å². The summed E-state index contributed by atoms with van der Waals surface area (Å²) < 4.78 is 42.1. The summed E-state index contributed by atoms with van der Waals surface area (Å²) in [6, 6.07) is 10.00. The maximum atomic E-state index is 12.8. The number of ether oxygens (including phenoxy) is 1. The Hall–Kier alpha value is -4.19. The zero-order chi connectivity index (χ0) is 26.5. The van der Waals surface area contributed by atoms with Crippen LogP contribution in [0.25, 0.3) is 0 Å². The molecule has 0 radical (unpaired) electrons. The third-order valence-corrected chi connectivity index (χ3v) is 5.25. The molecule has 0 spiro atoms. The number of urea groups is 1. The Morgan fingerprint density at radius 3 is 2.36 bits per heavy atom. The van der Waals surface area contributed by atoms with Crippen LogP contribution >= 0.6 is 11.6 Å². The van der Waals surface area contributed by atoms with Crippen molar-refractivity contribution in [2.75, 3.05) is 5.32 Å². The van der Waals surface area contributed by atoms with Crippen molar-refractivity contribution < 1.29 is 37.7 Å². The molecule has 2 amide bonds. The number of aromatic nitrogens is 1. The fourth-order valence-corrected chi connectivity index (χ4v) is 3.45. The van der Waals surface area contributed by atoms with Crippen molar-refractivity contribution in [1.29, 1.82) is 0 Å². The number of anilines is 1. The van der Waals surface area contributed by atoms with Crippen molar-refractivity contribution in [1.82, 2.24) is 9.88 Å². The van der Waals surface area contributed by atoms with Crippen LogP contribution in [0, 0.1) is 0 Å². The number of aliphatic carboxylic acids is 1. The molecular formula is C23H19ClF3N3O6. The molecule has 0 unspecified atom stereocenters. The molecule has 13 heteroatoms. The molecule has 36 heavy (non-hydrogen) atoms. The van der Waals surface area contributed by atoms with E-state index >= 15 is 0 Å². The van der Waals surface area contributed by atoms with Crippen LogP contribution in [0.3, 0.4) is 0 Å². The smallest absolute Gasteiger partial charge is 0.505 e. The zero-order valence-electron chi connectivity index (χ0n) is 18.3. The van der Waals surface area contributed by atoms with Crippen LogP contribution in [0.2, 0.25) is 5.02 Å². The number of nitrogens with one attached hydrogen (secondary N) is 2. The van der Waals surface area contributed by atoms with E-state index in [1.165, 1.54) is 16.8 Å². The summed E-state index contributed by atoms with van der Waals surface area (Å²) in [5, 5.41) is 24.3. The van der Waals surface area contributed by atoms with Crippen molar-refractivity contribution in [3.05, 3.63) is 87.3 Å². The highest BCUT2D eigenvalue weighted by Gasteiger charge is 2.31. The second-order valence-corrected chi connectivity index (χ2v) is 7.87. The third kappa shape index (κ3) is 7.15. The van der Waals surface area contributed by atoms with E-state index in [1.807, 2.05) is 0 Å². The Bertz CT molecular complexity index is 1310. The van der Waals surface area contributed by atoms with Gasteiger partial charge < -0.3 is 30.2 Å². The van der Waals surface area contributed by atoms with Crippen LogP contribution in [0.5, 0.6) is 11.5 Å². The van der Waals surface area contributed by atoms with E-state index < -0.39 is 53.6 Å². The van der Waals surface area contributed by atoms with Crippen LogP contribution in [0.15, 0.2) is 65.6 Å². The summed E-state index contributed by atoms with van der Waals surface area (Å²) in [6.45, 7) is 0.0447. The molecule has 0 saturated carbocycles. The third-order valence-electron chi connectivity index (χ3n) is 4.88. The number of carbonyl (C=O) groups is 2. The minimum Gasteiger partial charge on any atom is -0.505 e. The summed E-state index contributed by atoms with van der Waals surface area (Å²) in [4.78, 5) is 36.7. The normalized spacial score (nSPS) is 12.0. The van der Waals surface area contributed by atoms with E-state index in [-0.39, 0.29) is 12.1 Å². The van der Waals surface area contributed by atoms with Gasteiger partial charge in [0.05, 0.1) is 19.0 Å². The number of hydrogen-bond donors (Lipinski definition) is 4. The van der Waals surface area contributed by atoms with Crippen molar-refractivity contribution in [2.45, 2.75) is 25.4 Å². The second-order valence-electron chi connectivity index (χ2n) is 7.47. The van der Waals surface area contributed by atoms with E-state index in [1.54, 1.807) is 24.3 Å². The Balaban J connectivity index is 1.79. The van der Waals surface area contributed by atoms with Gasteiger partial charge >= 0.3 is 18.4 Å². The van der Waals surface area contributed by atoms with Gasteiger partial charge in [-0.15, -0.1) is 13.2 Å². The first-order valence-electron chi connectivity index (χ1n) is 10.2. The van der Waals surface area contributed by atoms with Gasteiger partial charge in [0.2, 0.25) is 0 Å². The van der Waals surface area contributed by atoms with E-state index in [2.05, 4.69) is 15.4 Å². The van der Waals surface area contributed by atoms with E-state index in [4.69, 9.17) is 11.6 Å². The molecule has 1 atom stereocenters. The number of carboxylic acids is 1. The molecule has 3 aromatic rings. The number of carboxylic acid groups (broad SMARTS) is 1. The first-order chi connectivity index (χ1) is 16.9. The van der Waals surface area contributed by atoms with Crippen molar-refractivity contribution >= 4 is 29.3 Å². The number of aromatic hydroxyl groups is 1. The van der Waals surface area contributed by atoms with Crippen molar-refractivity contribution in [3.8, 4) is 11.5 Å². The largest absolute Gasteiger partial charge is 0.573 e. The van der Waals surface area contributed by atoms with Crippen LogP contribution in [-0.4, -0.2) is 33.1 Å². The molecule has 1 aromatic heterocycles. The number of alkyl halides is 3. The molecule has 0 aliphatic heterocycles. The van der Waals surface area contributed by atoms with Crippen molar-refractivity contribution in [3.63, 3.8) is 0 Å². The topological polar surface area (TPSA) is 130 Å². The fraction of sp³-hybridized carbons (Fsp3) is 0.174. The molecule has 3 rings (SSSR count). The predicted molar refractivity (Wildman–Crippen MR) is 123 cm³/mol. The number of hydrogen-bond acceptors (Lipinski definition) is 5. The van der Waals surface area contributed by atoms with Crippen LogP contribution in [0.4, 0.5) is 23.7 Å². The molecule has 0 saturated heterocycles. The lowest BCUT2D eigenvalue weighted by atomic mass is 10.0. The summed E-state index contributed by atoms with van der Waals surface area (Å²) in [6.07, 6.45) is -4.22. The average molecular weight is 526 g/mol. The minimum absolute atomic E-state index is 0.0447. The quantitative estimate of drug-likeness (QED) is 0.343. The van der Waals surface area contributed by atoms with E-state index in [0.29, 0.717) is 10.6 Å². The second kappa shape index (κ2) is 11.0. The number of nitrogens with zero attached hydrogens (tertiary/aromatic N) is 1. The lowest BCUT2D eigenvalue weighted by molar-refractivity contribution is -0.274. The standard InChI is InChI=1S/C23H19ClF3N3O6/c24-16-4-2-1-3-14(16)12-30-10-9-18(31)20(21(30)34)29-22(35)28-17(11-19(32)33)13-5-7-15(8-6-13)36-23(25,26)27/h1-10,17,31H,11-12H2,(H,32,33)(H2,28,29,35)/t17-/m1/s1. The Labute approximate surface area is 206 Å². The summed E-state index contributed by atoms with van der Waals surface area (Å²) >= 11 is 6.12. The number of rotatable bonds is 8. The SMILES string of the molecule is O=C(O)C[C@@H](NC(=O)Nc1c(O)ccn(Cc2ccccc2Cl)c1=O)c1ccc(OC(F)(F)F)cc1. The summed E-state index contributed by atoms with van der Waals surface area (Å²) in [5.74, 6) is -2.37. The van der Waals surface area contributed by atoms with Gasteiger partial charge in [0, 0.05) is 11.2 Å². The highest BCUT2D eigenvalue weighted by molar-refractivity contribution is 6.31. The first-order valence-corrected chi connectivity index (χ1v) is 10.6. The van der Waals surface area contributed by atoms with Gasteiger partial charge in [-0.05, 0) is 35.4 Å². The van der Waals surface area contributed by atoms with Gasteiger partial charge in [0.25, 0.3) is 5.56 Å². The minimum atomic E-state index is -4.91. The predicted octanol–water partition coefficient (Wildman–Crippen LogP) is 4.49. The van der Waals surface area contributed by atoms with Crippen LogP contribution < -0.4 is 20.9 Å². The fourth-order valence-electron chi connectivity index (χ4n) is 3.25. The number of halogens is 4. The molecule has 0 aliphatic carbocycles. The number of carbonyl (C=O) groups excluding carboxylic acids is 1. The Kier molecular flexibility index (Phi) is 8.10. The zero-order valence-corrected chi connectivity index (χ0v) is 19.0. The lowest BCUT2D eigenvalue weighted by Crippen LogP contribution is -2.36. The molecule has 0 bridgehead atoms. The Morgan fingerprint density at radius 1 is 1.08 bits per heavy atom. The van der Waals surface area contributed by atoms with Crippen LogP contribution in [-0.2, 0) is 11.3 Å². The highest BCUT2D eigenvalue weighted by Crippen LogP contribution is 2.26. The van der Waals surface area contributed by atoms with Gasteiger partial charge in [-0.2, -0.15) is 0 Å². The lowest BCUT2D eigenvalue weighted by Gasteiger charge is -2.19. The molecule has 1 heterocycles. The molecule has 9 nitrogen and oxygen atoms in total. The van der Waals surface area contributed by atoms with Crippen molar-refractivity contribution in [2.24, 2.45) is 0 Å². The monoisotopic (exact) mass is 525 g/mol. The molecule has 0 fully saturated rings. The summed E-state index contributed by atoms with van der Waals surface area (Å²) in [5.41, 5.74) is -0.448. The van der Waals surface area contributed by atoms with Gasteiger partial charge in [-0.3, -0.25) is 9.59 Å². The van der Waals surface area contributed by atoms with Gasteiger partial charge in [0.15, 0.2) is 5.69 Å².